The van der Waals surface area contributed by atoms with Crippen molar-refractivity contribution in [2.24, 2.45) is 23.2 Å². The van der Waals surface area contributed by atoms with Gasteiger partial charge < -0.3 is 15.4 Å². The zero-order chi connectivity index (χ0) is 19.0. The van der Waals surface area contributed by atoms with E-state index in [1.165, 1.54) is 26.4 Å². The number of rotatable bonds is 5. The first-order chi connectivity index (χ1) is 13.0. The highest BCUT2D eigenvalue weighted by atomic mass is 16.5. The Hall–Kier alpha value is -2.37. The predicted octanol–water partition coefficient (Wildman–Crippen LogP) is 2.74. The van der Waals surface area contributed by atoms with Crippen molar-refractivity contribution in [3.05, 3.63) is 29.8 Å². The summed E-state index contributed by atoms with van der Waals surface area (Å²) in [5.41, 5.74) is 0.807. The lowest BCUT2D eigenvalue weighted by Gasteiger charge is -2.55. The molecule has 0 aromatic heterocycles. The van der Waals surface area contributed by atoms with E-state index in [2.05, 4.69) is 15.4 Å². The number of hydrogen-bond donors (Lipinski definition) is 2. The first-order valence-electron chi connectivity index (χ1n) is 9.74. The quantitative estimate of drug-likeness (QED) is 0.781. The molecule has 0 unspecified atom stereocenters. The van der Waals surface area contributed by atoms with Crippen LogP contribution < -0.4 is 10.6 Å². The smallest absolute Gasteiger partial charge is 0.325 e. The maximum atomic E-state index is 13.1. The molecule has 27 heavy (non-hydrogen) atoms. The maximum absolute atomic E-state index is 13.1. The Labute approximate surface area is 159 Å². The summed E-state index contributed by atoms with van der Waals surface area (Å²) in [6.45, 7) is -0.181. The first kappa shape index (κ1) is 18.0. The topological polar surface area (TPSA) is 84.5 Å². The van der Waals surface area contributed by atoms with E-state index < -0.39 is 5.97 Å². The van der Waals surface area contributed by atoms with Crippen molar-refractivity contribution in [3.63, 3.8) is 0 Å². The van der Waals surface area contributed by atoms with Crippen LogP contribution in [0.15, 0.2) is 24.3 Å². The fourth-order valence-corrected chi connectivity index (χ4v) is 5.72. The normalized spacial score (nSPS) is 30.6. The summed E-state index contributed by atoms with van der Waals surface area (Å²) in [6, 6.07) is 6.86. The highest BCUT2D eigenvalue weighted by Gasteiger charge is 2.54. The van der Waals surface area contributed by atoms with Crippen LogP contribution in [0.4, 0.5) is 5.69 Å². The van der Waals surface area contributed by atoms with E-state index in [-0.39, 0.29) is 23.8 Å². The second-order valence-electron chi connectivity index (χ2n) is 8.49. The van der Waals surface area contributed by atoms with Crippen LogP contribution in [0.2, 0.25) is 0 Å². The third-order valence-corrected chi connectivity index (χ3v) is 6.52. The number of carbonyl (C=O) groups excluding carboxylic acids is 3. The number of ether oxygens (including phenoxy) is 1. The Morgan fingerprint density at radius 2 is 1.70 bits per heavy atom. The van der Waals surface area contributed by atoms with E-state index in [4.69, 9.17) is 0 Å². The highest BCUT2D eigenvalue weighted by Crippen LogP contribution is 2.60. The molecular weight excluding hydrogens is 344 g/mol. The lowest BCUT2D eigenvalue weighted by atomic mass is 9.49. The van der Waals surface area contributed by atoms with Crippen molar-refractivity contribution >= 4 is 23.5 Å². The van der Waals surface area contributed by atoms with Gasteiger partial charge in [0.2, 0.25) is 5.91 Å². The number of amides is 2. The molecule has 6 heteroatoms. The summed E-state index contributed by atoms with van der Waals surface area (Å²) < 4.78 is 4.52. The van der Waals surface area contributed by atoms with Crippen LogP contribution in [0, 0.1) is 23.2 Å². The van der Waals surface area contributed by atoms with E-state index in [1.807, 2.05) is 0 Å². The summed E-state index contributed by atoms with van der Waals surface area (Å²) in [7, 11) is 1.27. The number of nitrogens with one attached hydrogen (secondary N) is 2. The van der Waals surface area contributed by atoms with E-state index >= 15 is 0 Å². The molecule has 4 aliphatic rings. The Morgan fingerprint density at radius 1 is 1.07 bits per heavy atom. The largest absolute Gasteiger partial charge is 0.468 e. The van der Waals surface area contributed by atoms with Gasteiger partial charge in [-0.05, 0) is 74.5 Å². The monoisotopic (exact) mass is 370 g/mol. The molecule has 1 aromatic carbocycles. The van der Waals surface area contributed by atoms with Gasteiger partial charge in [0.1, 0.15) is 6.54 Å². The van der Waals surface area contributed by atoms with Crippen LogP contribution >= 0.6 is 0 Å². The van der Waals surface area contributed by atoms with Crippen LogP contribution in [0.3, 0.4) is 0 Å². The molecule has 2 amide bonds. The second kappa shape index (κ2) is 6.98. The van der Waals surface area contributed by atoms with Crippen LogP contribution in [-0.2, 0) is 14.3 Å². The van der Waals surface area contributed by atoms with Crippen LogP contribution in [0.25, 0.3) is 0 Å². The molecule has 0 saturated heterocycles. The number of anilines is 1. The summed E-state index contributed by atoms with van der Waals surface area (Å²) in [4.78, 5) is 36.5. The van der Waals surface area contributed by atoms with Crippen LogP contribution in [-0.4, -0.2) is 31.4 Å². The lowest BCUT2D eigenvalue weighted by Crippen LogP contribution is -2.51. The molecule has 144 valence electrons. The number of esters is 1. The van der Waals surface area contributed by atoms with Gasteiger partial charge in [-0.15, -0.1) is 0 Å². The van der Waals surface area contributed by atoms with Crippen molar-refractivity contribution in [3.8, 4) is 0 Å². The average molecular weight is 370 g/mol. The lowest BCUT2D eigenvalue weighted by molar-refractivity contribution is -0.140. The predicted molar refractivity (Wildman–Crippen MR) is 100 cm³/mol. The van der Waals surface area contributed by atoms with Crippen molar-refractivity contribution in [1.82, 2.24) is 5.32 Å². The van der Waals surface area contributed by atoms with Crippen molar-refractivity contribution in [2.75, 3.05) is 19.0 Å². The Kier molecular flexibility index (Phi) is 4.66. The van der Waals surface area contributed by atoms with Gasteiger partial charge in [-0.3, -0.25) is 14.4 Å². The molecule has 5 rings (SSSR count). The Morgan fingerprint density at radius 3 is 2.30 bits per heavy atom. The zero-order valence-electron chi connectivity index (χ0n) is 15.6. The van der Waals surface area contributed by atoms with Gasteiger partial charge in [0, 0.05) is 11.3 Å². The zero-order valence-corrected chi connectivity index (χ0v) is 15.6. The molecule has 4 saturated carbocycles. The van der Waals surface area contributed by atoms with Gasteiger partial charge >= 0.3 is 5.97 Å². The van der Waals surface area contributed by atoms with E-state index in [1.54, 1.807) is 24.3 Å². The molecule has 4 fully saturated rings. The average Bonchev–Trinajstić information content (AvgIpc) is 2.65. The van der Waals surface area contributed by atoms with Gasteiger partial charge in [-0.25, -0.2) is 0 Å². The Balaban J connectivity index is 1.43. The van der Waals surface area contributed by atoms with Crippen molar-refractivity contribution in [1.29, 1.82) is 0 Å². The van der Waals surface area contributed by atoms with Crippen molar-refractivity contribution < 1.29 is 19.1 Å². The van der Waals surface area contributed by atoms with Gasteiger partial charge in [-0.2, -0.15) is 0 Å². The minimum atomic E-state index is -0.505. The molecule has 0 atom stereocenters. The molecular formula is C21H26N2O4. The molecule has 0 radical (unpaired) electrons. The molecule has 0 spiro atoms. The van der Waals surface area contributed by atoms with Gasteiger partial charge in [0.15, 0.2) is 0 Å². The first-order valence-corrected chi connectivity index (χ1v) is 9.74. The van der Waals surface area contributed by atoms with Crippen molar-refractivity contribution in [2.45, 2.75) is 38.5 Å². The maximum Gasteiger partial charge on any atom is 0.325 e. The molecule has 4 aliphatic carbocycles. The number of methoxy groups -OCH3 is 1. The minimum Gasteiger partial charge on any atom is -0.468 e. The van der Waals surface area contributed by atoms with Crippen LogP contribution in [0.1, 0.15) is 48.9 Å². The third kappa shape index (κ3) is 3.57. The van der Waals surface area contributed by atoms with E-state index in [0.717, 1.165) is 19.3 Å². The summed E-state index contributed by atoms with van der Waals surface area (Å²) in [6.07, 6.45) is 6.89. The minimum absolute atomic E-state index is 0.105. The SMILES string of the molecule is COC(=O)CNC(=O)c1cccc(NC(=O)C23CC4CC(CC(C4)C2)C3)c1. The van der Waals surface area contributed by atoms with Gasteiger partial charge in [-0.1, -0.05) is 6.07 Å². The van der Waals surface area contributed by atoms with E-state index in [9.17, 15) is 14.4 Å². The van der Waals surface area contributed by atoms with Gasteiger partial charge in [0.25, 0.3) is 5.91 Å². The second-order valence-corrected chi connectivity index (χ2v) is 8.49. The summed E-state index contributed by atoms with van der Waals surface area (Å²) in [5.74, 6) is 1.35. The summed E-state index contributed by atoms with van der Waals surface area (Å²) >= 11 is 0. The Bertz CT molecular complexity index is 738. The number of hydrogen-bond acceptors (Lipinski definition) is 4. The van der Waals surface area contributed by atoms with Crippen LogP contribution in [0.5, 0.6) is 0 Å². The number of carbonyl (C=O) groups is 3. The highest BCUT2D eigenvalue weighted by molar-refractivity contribution is 5.99. The number of benzene rings is 1. The fourth-order valence-electron chi connectivity index (χ4n) is 5.72. The molecule has 1 aromatic rings. The molecule has 0 heterocycles. The third-order valence-electron chi connectivity index (χ3n) is 6.52. The molecule has 4 bridgehead atoms. The summed E-state index contributed by atoms with van der Waals surface area (Å²) in [5, 5.41) is 5.57. The molecule has 6 nitrogen and oxygen atoms in total. The molecule has 0 aliphatic heterocycles. The fraction of sp³-hybridized carbons (Fsp3) is 0.571. The molecule has 2 N–H and O–H groups in total. The van der Waals surface area contributed by atoms with E-state index in [0.29, 0.717) is 29.0 Å². The standard InChI is InChI=1S/C21H26N2O4/c1-27-18(24)12-22-19(25)16-3-2-4-17(8-16)23-20(26)21-9-13-5-14(10-21)7-15(6-13)11-21/h2-4,8,13-15H,5-7,9-12H2,1H3,(H,22,25)(H,23,26). The van der Waals surface area contributed by atoms with Gasteiger partial charge in [0.05, 0.1) is 12.5 Å².